The maximum atomic E-state index is 12.0. The Labute approximate surface area is 134 Å². The molecule has 6 heteroatoms. The lowest BCUT2D eigenvalue weighted by atomic mass is 9.77. The van der Waals surface area contributed by atoms with Crippen LogP contribution in [-0.4, -0.2) is 23.2 Å². The highest BCUT2D eigenvalue weighted by Gasteiger charge is 2.38. The second kappa shape index (κ2) is 6.44. The Balaban J connectivity index is 1.67. The van der Waals surface area contributed by atoms with E-state index in [1.807, 2.05) is 37.3 Å². The highest BCUT2D eigenvalue weighted by atomic mass is 16.5. The smallest absolute Gasteiger partial charge is 0.492 e. The molecule has 1 heterocycles. The van der Waals surface area contributed by atoms with Crippen molar-refractivity contribution in [2.45, 2.75) is 26.1 Å². The van der Waals surface area contributed by atoms with Gasteiger partial charge in [0.25, 0.3) is 0 Å². The molecule has 5 nitrogen and oxygen atoms in total. The van der Waals surface area contributed by atoms with E-state index in [0.29, 0.717) is 5.46 Å². The number of ether oxygens (including phenoxy) is 1. The van der Waals surface area contributed by atoms with Gasteiger partial charge < -0.3 is 19.5 Å². The molecule has 0 aliphatic carbocycles. The number of aromatic hydroxyl groups is 1. The molecule has 0 amide bonds. The third kappa shape index (κ3) is 3.38. The molecule has 1 unspecified atom stereocenters. The summed E-state index contributed by atoms with van der Waals surface area (Å²) in [7, 11) is -1.14. The van der Waals surface area contributed by atoms with Gasteiger partial charge in [-0.1, -0.05) is 30.3 Å². The van der Waals surface area contributed by atoms with Crippen molar-refractivity contribution >= 4 is 18.6 Å². The molecule has 1 aliphatic heterocycles. The van der Waals surface area contributed by atoms with Gasteiger partial charge in [-0.05, 0) is 41.2 Å². The Hall–Kier alpha value is -2.31. The number of aryl methyl sites for hydroxylation is 1. The Kier molecular flexibility index (Phi) is 4.36. The van der Waals surface area contributed by atoms with Crippen molar-refractivity contribution in [3.63, 3.8) is 0 Å². The molecule has 0 bridgehead atoms. The number of carbonyl (C=O) groups excluding carboxylic acids is 1. The van der Waals surface area contributed by atoms with Crippen molar-refractivity contribution in [3.05, 3.63) is 59.2 Å². The molecule has 2 aromatic rings. The Morgan fingerprint density at radius 1 is 1.30 bits per heavy atom. The highest BCUT2D eigenvalue weighted by molar-refractivity contribution is 6.62. The van der Waals surface area contributed by atoms with Crippen LogP contribution in [0.25, 0.3) is 0 Å². The predicted molar refractivity (Wildman–Crippen MR) is 85.1 cm³/mol. The van der Waals surface area contributed by atoms with E-state index in [1.165, 1.54) is 6.07 Å². The van der Waals surface area contributed by atoms with Gasteiger partial charge in [-0.25, -0.2) is 0 Å². The van der Waals surface area contributed by atoms with Crippen molar-refractivity contribution < 1.29 is 24.3 Å². The first-order valence-electron chi connectivity index (χ1n) is 7.41. The molecule has 0 fully saturated rings. The number of fused-ring (bicyclic) bond motifs is 1. The molecule has 0 saturated carbocycles. The van der Waals surface area contributed by atoms with Crippen LogP contribution in [0.3, 0.4) is 0 Å². The van der Waals surface area contributed by atoms with Crippen LogP contribution in [0.4, 0.5) is 0 Å². The molecule has 23 heavy (non-hydrogen) atoms. The summed E-state index contributed by atoms with van der Waals surface area (Å²) in [6.45, 7) is 2.01. The van der Waals surface area contributed by atoms with Crippen LogP contribution in [-0.2, 0) is 20.8 Å². The van der Waals surface area contributed by atoms with E-state index in [9.17, 15) is 14.9 Å². The lowest BCUT2D eigenvalue weighted by molar-refractivity contribution is -0.146. The van der Waals surface area contributed by atoms with E-state index in [1.54, 1.807) is 6.07 Å². The second-order valence-electron chi connectivity index (χ2n) is 5.59. The van der Waals surface area contributed by atoms with Gasteiger partial charge >= 0.3 is 13.1 Å². The van der Waals surface area contributed by atoms with Gasteiger partial charge in [-0.15, -0.1) is 0 Å². The van der Waals surface area contributed by atoms with E-state index in [4.69, 9.17) is 9.39 Å². The van der Waals surface area contributed by atoms with Crippen molar-refractivity contribution in [2.24, 2.45) is 0 Å². The standard InChI is InChI=1S/C17H17BO5/c1-11-7-13(19)8-14-17(11)15(23-18(14)21)9-16(20)22-10-12-5-3-2-4-6-12/h2-8,15,19,21H,9-10H2,1H3. The average Bonchev–Trinajstić information content (AvgIpc) is 2.82. The van der Waals surface area contributed by atoms with Gasteiger partial charge in [0.05, 0.1) is 12.5 Å². The maximum Gasteiger partial charge on any atom is 0.492 e. The van der Waals surface area contributed by atoms with Crippen molar-refractivity contribution in [1.29, 1.82) is 0 Å². The quantitative estimate of drug-likeness (QED) is 0.662. The van der Waals surface area contributed by atoms with Gasteiger partial charge in [0.2, 0.25) is 0 Å². The largest absolute Gasteiger partial charge is 0.508 e. The molecular weight excluding hydrogens is 295 g/mol. The van der Waals surface area contributed by atoms with Crippen LogP contribution >= 0.6 is 0 Å². The summed E-state index contributed by atoms with van der Waals surface area (Å²) < 4.78 is 10.7. The van der Waals surface area contributed by atoms with Gasteiger partial charge in [0.15, 0.2) is 0 Å². The number of benzene rings is 2. The average molecular weight is 312 g/mol. The fourth-order valence-electron chi connectivity index (χ4n) is 2.85. The molecule has 0 spiro atoms. The number of carbonyl (C=O) groups is 1. The topological polar surface area (TPSA) is 76.0 Å². The van der Waals surface area contributed by atoms with Crippen molar-refractivity contribution in [3.8, 4) is 5.75 Å². The zero-order valence-electron chi connectivity index (χ0n) is 12.7. The number of rotatable bonds is 4. The molecule has 1 atom stereocenters. The minimum atomic E-state index is -1.14. The summed E-state index contributed by atoms with van der Waals surface area (Å²) in [5, 5.41) is 19.6. The maximum absolute atomic E-state index is 12.0. The van der Waals surface area contributed by atoms with Crippen molar-refractivity contribution in [2.75, 3.05) is 0 Å². The first-order valence-corrected chi connectivity index (χ1v) is 7.41. The molecule has 2 N–H and O–H groups in total. The molecule has 1 aliphatic rings. The summed E-state index contributed by atoms with van der Waals surface area (Å²) in [5.74, 6) is -0.331. The normalized spacial score (nSPS) is 16.3. The Morgan fingerprint density at radius 3 is 2.78 bits per heavy atom. The summed E-state index contributed by atoms with van der Waals surface area (Å²) in [6, 6.07) is 12.5. The van der Waals surface area contributed by atoms with E-state index >= 15 is 0 Å². The van der Waals surface area contributed by atoms with Gasteiger partial charge in [-0.3, -0.25) is 4.79 Å². The minimum Gasteiger partial charge on any atom is -0.508 e. The number of phenols is 1. The van der Waals surface area contributed by atoms with Gasteiger partial charge in [-0.2, -0.15) is 0 Å². The minimum absolute atomic E-state index is 0.0164. The third-order valence-corrected chi connectivity index (χ3v) is 3.88. The number of hydrogen-bond acceptors (Lipinski definition) is 5. The SMILES string of the molecule is Cc1cc(O)cc2c1C(CC(=O)OCc1ccccc1)OB2O. The van der Waals surface area contributed by atoms with Crippen LogP contribution in [0.15, 0.2) is 42.5 Å². The zero-order valence-corrected chi connectivity index (χ0v) is 12.7. The number of hydrogen-bond donors (Lipinski definition) is 2. The summed E-state index contributed by atoms with van der Waals surface area (Å²) in [4.78, 5) is 12.0. The van der Waals surface area contributed by atoms with E-state index < -0.39 is 19.2 Å². The van der Waals surface area contributed by atoms with Crippen molar-refractivity contribution in [1.82, 2.24) is 0 Å². The van der Waals surface area contributed by atoms with E-state index in [2.05, 4.69) is 0 Å². The van der Waals surface area contributed by atoms with Crippen LogP contribution in [0.1, 0.15) is 29.2 Å². The van der Waals surface area contributed by atoms with Crippen LogP contribution in [0.5, 0.6) is 5.75 Å². The zero-order chi connectivity index (χ0) is 16.4. The fraction of sp³-hybridized carbons (Fsp3) is 0.235. The monoisotopic (exact) mass is 312 g/mol. The van der Waals surface area contributed by atoms with Gasteiger partial charge in [0, 0.05) is 0 Å². The molecule has 0 saturated heterocycles. The Morgan fingerprint density at radius 2 is 2.04 bits per heavy atom. The molecule has 3 rings (SSSR count). The Bertz CT molecular complexity index is 716. The summed E-state index contributed by atoms with van der Waals surface area (Å²) in [6.07, 6.45) is -0.549. The summed E-state index contributed by atoms with van der Waals surface area (Å²) >= 11 is 0. The molecule has 118 valence electrons. The number of esters is 1. The molecule has 0 aromatic heterocycles. The summed E-state index contributed by atoms with van der Waals surface area (Å²) in [5.41, 5.74) is 2.93. The number of phenolic OH excluding ortho intramolecular Hbond substituents is 1. The molecule has 2 aromatic carbocycles. The molecule has 0 radical (unpaired) electrons. The first-order chi connectivity index (χ1) is 11.0. The highest BCUT2D eigenvalue weighted by Crippen LogP contribution is 2.31. The third-order valence-electron chi connectivity index (χ3n) is 3.88. The lowest BCUT2D eigenvalue weighted by Crippen LogP contribution is -2.28. The van der Waals surface area contributed by atoms with Crippen LogP contribution < -0.4 is 5.46 Å². The first kappa shape index (κ1) is 15.6. The van der Waals surface area contributed by atoms with E-state index in [0.717, 1.165) is 16.7 Å². The van der Waals surface area contributed by atoms with E-state index in [-0.39, 0.29) is 18.8 Å². The second-order valence-corrected chi connectivity index (χ2v) is 5.59. The predicted octanol–water partition coefficient (Wildman–Crippen LogP) is 1.59. The lowest BCUT2D eigenvalue weighted by Gasteiger charge is -2.14. The van der Waals surface area contributed by atoms with Crippen LogP contribution in [0, 0.1) is 6.92 Å². The molecular formula is C17H17BO5. The van der Waals surface area contributed by atoms with Gasteiger partial charge in [0.1, 0.15) is 12.4 Å². The fourth-order valence-corrected chi connectivity index (χ4v) is 2.85. The van der Waals surface area contributed by atoms with Crippen LogP contribution in [0.2, 0.25) is 0 Å².